The van der Waals surface area contributed by atoms with E-state index < -0.39 is 5.97 Å². The van der Waals surface area contributed by atoms with Crippen LogP contribution in [0.4, 0.5) is 4.79 Å². The monoisotopic (exact) mass is 417 g/mol. The van der Waals surface area contributed by atoms with E-state index >= 15 is 0 Å². The van der Waals surface area contributed by atoms with Gasteiger partial charge in [0.05, 0.1) is 6.10 Å². The molecule has 1 saturated carbocycles. The van der Waals surface area contributed by atoms with Gasteiger partial charge in [-0.05, 0) is 54.0 Å². The summed E-state index contributed by atoms with van der Waals surface area (Å²) in [4.78, 5) is 25.4. The van der Waals surface area contributed by atoms with E-state index in [0.717, 1.165) is 28.8 Å². The largest absolute Gasteiger partial charge is 0.490 e. The van der Waals surface area contributed by atoms with Gasteiger partial charge in [-0.15, -0.1) is 0 Å². The molecule has 31 heavy (non-hydrogen) atoms. The van der Waals surface area contributed by atoms with Gasteiger partial charge in [-0.25, -0.2) is 9.59 Å². The molecule has 0 spiro atoms. The van der Waals surface area contributed by atoms with E-state index in [4.69, 9.17) is 9.84 Å². The minimum Gasteiger partial charge on any atom is -0.490 e. The average molecular weight is 417 g/mol. The SMILES string of the molecule is O=C(O)c1ccn(C(=O)N2CC3CC(Oc4ccc(-c5ccccc5)cc4)CC3C2)n1. The molecule has 7 heteroatoms. The first-order valence-corrected chi connectivity index (χ1v) is 10.5. The number of carbonyl (C=O) groups is 2. The summed E-state index contributed by atoms with van der Waals surface area (Å²) in [5.41, 5.74) is 2.22. The first kappa shape index (κ1) is 19.4. The maximum Gasteiger partial charge on any atom is 0.356 e. The fraction of sp³-hybridized carbons (Fsp3) is 0.292. The molecular weight excluding hydrogens is 394 g/mol. The molecule has 1 aromatic heterocycles. The Balaban J connectivity index is 1.17. The van der Waals surface area contributed by atoms with E-state index in [-0.39, 0.29) is 17.8 Å². The van der Waals surface area contributed by atoms with Crippen LogP contribution >= 0.6 is 0 Å². The molecule has 1 saturated heterocycles. The van der Waals surface area contributed by atoms with Crippen molar-refractivity contribution in [2.45, 2.75) is 18.9 Å². The van der Waals surface area contributed by atoms with E-state index in [9.17, 15) is 9.59 Å². The van der Waals surface area contributed by atoms with Gasteiger partial charge in [-0.1, -0.05) is 42.5 Å². The highest BCUT2D eigenvalue weighted by Crippen LogP contribution is 2.40. The number of amides is 1. The number of carboxylic acids is 1. The molecule has 1 N–H and O–H groups in total. The zero-order valence-electron chi connectivity index (χ0n) is 16.9. The number of ether oxygens (including phenoxy) is 1. The second-order valence-electron chi connectivity index (χ2n) is 8.26. The maximum absolute atomic E-state index is 12.6. The van der Waals surface area contributed by atoms with Crippen LogP contribution in [0, 0.1) is 11.8 Å². The van der Waals surface area contributed by atoms with Gasteiger partial charge < -0.3 is 14.7 Å². The third kappa shape index (κ3) is 3.91. The predicted molar refractivity (Wildman–Crippen MR) is 114 cm³/mol. The molecule has 5 rings (SSSR count). The molecule has 2 aromatic carbocycles. The summed E-state index contributed by atoms with van der Waals surface area (Å²) in [6.45, 7) is 1.30. The smallest absolute Gasteiger partial charge is 0.356 e. The lowest BCUT2D eigenvalue weighted by Crippen LogP contribution is -2.34. The van der Waals surface area contributed by atoms with Gasteiger partial charge in [0.1, 0.15) is 5.75 Å². The van der Waals surface area contributed by atoms with E-state index in [0.29, 0.717) is 24.9 Å². The van der Waals surface area contributed by atoms with E-state index in [1.54, 1.807) is 4.90 Å². The highest BCUT2D eigenvalue weighted by molar-refractivity contribution is 5.86. The minimum absolute atomic E-state index is 0.125. The number of rotatable bonds is 4. The minimum atomic E-state index is -1.14. The average Bonchev–Trinajstić information content (AvgIpc) is 3.50. The summed E-state index contributed by atoms with van der Waals surface area (Å²) >= 11 is 0. The van der Waals surface area contributed by atoms with Gasteiger partial charge in [-0.2, -0.15) is 9.78 Å². The molecule has 3 aromatic rings. The van der Waals surface area contributed by atoms with Crippen molar-refractivity contribution in [2.24, 2.45) is 11.8 Å². The lowest BCUT2D eigenvalue weighted by atomic mass is 10.0. The van der Waals surface area contributed by atoms with Crippen LogP contribution in [-0.2, 0) is 0 Å². The second-order valence-corrected chi connectivity index (χ2v) is 8.26. The Morgan fingerprint density at radius 3 is 2.16 bits per heavy atom. The van der Waals surface area contributed by atoms with E-state index in [2.05, 4.69) is 29.4 Å². The van der Waals surface area contributed by atoms with Crippen LogP contribution in [0.5, 0.6) is 5.75 Å². The van der Waals surface area contributed by atoms with Gasteiger partial charge in [0.15, 0.2) is 5.69 Å². The number of fused-ring (bicyclic) bond motifs is 1. The van der Waals surface area contributed by atoms with Crippen LogP contribution in [0.2, 0.25) is 0 Å². The van der Waals surface area contributed by atoms with Crippen molar-refractivity contribution in [3.8, 4) is 16.9 Å². The Bertz CT molecular complexity index is 1080. The van der Waals surface area contributed by atoms with Crippen LogP contribution in [-0.4, -0.2) is 51.0 Å². The number of aromatic nitrogens is 2. The molecule has 1 aliphatic heterocycles. The third-order valence-corrected chi connectivity index (χ3v) is 6.25. The molecule has 2 heterocycles. The van der Waals surface area contributed by atoms with Crippen molar-refractivity contribution in [3.05, 3.63) is 72.6 Å². The zero-order valence-corrected chi connectivity index (χ0v) is 16.9. The summed E-state index contributed by atoms with van der Waals surface area (Å²) in [7, 11) is 0. The van der Waals surface area contributed by atoms with E-state index in [1.807, 2.05) is 30.3 Å². The van der Waals surface area contributed by atoms with Crippen LogP contribution in [0.3, 0.4) is 0 Å². The van der Waals surface area contributed by atoms with Crippen LogP contribution in [0.15, 0.2) is 66.9 Å². The fourth-order valence-corrected chi connectivity index (χ4v) is 4.74. The van der Waals surface area contributed by atoms with Crippen LogP contribution in [0.25, 0.3) is 11.1 Å². The number of carboxylic acid groups (broad SMARTS) is 1. The normalized spacial score (nSPS) is 22.3. The van der Waals surface area contributed by atoms with Crippen molar-refractivity contribution in [2.75, 3.05) is 13.1 Å². The molecule has 1 aliphatic carbocycles. The van der Waals surface area contributed by atoms with Crippen LogP contribution < -0.4 is 4.74 Å². The number of likely N-dealkylation sites (tertiary alicyclic amines) is 1. The number of benzene rings is 2. The topological polar surface area (TPSA) is 84.7 Å². The molecule has 2 fully saturated rings. The Hall–Kier alpha value is -3.61. The Morgan fingerprint density at radius 1 is 0.903 bits per heavy atom. The number of aromatic carboxylic acids is 1. The van der Waals surface area contributed by atoms with Gasteiger partial charge in [-0.3, -0.25) is 0 Å². The lowest BCUT2D eigenvalue weighted by molar-refractivity contribution is 0.0690. The highest BCUT2D eigenvalue weighted by Gasteiger charge is 2.43. The summed E-state index contributed by atoms with van der Waals surface area (Å²) in [5, 5.41) is 12.8. The van der Waals surface area contributed by atoms with E-state index in [1.165, 1.54) is 17.8 Å². The molecular formula is C24H23N3O4. The van der Waals surface area contributed by atoms with Crippen LogP contribution in [0.1, 0.15) is 23.3 Å². The summed E-state index contributed by atoms with van der Waals surface area (Å²) in [5.74, 6) is 0.524. The quantitative estimate of drug-likeness (QED) is 0.693. The highest BCUT2D eigenvalue weighted by atomic mass is 16.5. The molecule has 158 valence electrons. The number of carbonyl (C=O) groups excluding carboxylic acids is 1. The molecule has 2 atom stereocenters. The summed E-state index contributed by atoms with van der Waals surface area (Å²) < 4.78 is 7.34. The Kier molecular flexibility index (Phi) is 4.94. The number of nitrogens with zero attached hydrogens (tertiary/aromatic N) is 3. The second kappa shape index (κ2) is 7.91. The molecule has 0 bridgehead atoms. The first-order chi connectivity index (χ1) is 15.1. The third-order valence-electron chi connectivity index (χ3n) is 6.25. The van der Waals surface area contributed by atoms with Crippen molar-refractivity contribution in [1.82, 2.24) is 14.7 Å². The van der Waals surface area contributed by atoms with Crippen molar-refractivity contribution >= 4 is 12.0 Å². The molecule has 7 nitrogen and oxygen atoms in total. The van der Waals surface area contributed by atoms with Crippen molar-refractivity contribution in [3.63, 3.8) is 0 Å². The first-order valence-electron chi connectivity index (χ1n) is 10.5. The van der Waals surface area contributed by atoms with Gasteiger partial charge in [0.2, 0.25) is 0 Å². The summed E-state index contributed by atoms with van der Waals surface area (Å²) in [6.07, 6.45) is 3.38. The fourth-order valence-electron chi connectivity index (χ4n) is 4.74. The van der Waals surface area contributed by atoms with Crippen molar-refractivity contribution in [1.29, 1.82) is 0 Å². The van der Waals surface area contributed by atoms with Crippen molar-refractivity contribution < 1.29 is 19.4 Å². The Morgan fingerprint density at radius 2 is 1.55 bits per heavy atom. The molecule has 0 radical (unpaired) electrons. The predicted octanol–water partition coefficient (Wildman–Crippen LogP) is 4.01. The summed E-state index contributed by atoms with van der Waals surface area (Å²) in [6, 6.07) is 19.5. The lowest BCUT2D eigenvalue weighted by Gasteiger charge is -2.20. The molecule has 2 aliphatic rings. The number of hydrogen-bond donors (Lipinski definition) is 1. The van der Waals surface area contributed by atoms with Gasteiger partial charge in [0, 0.05) is 19.3 Å². The zero-order chi connectivity index (χ0) is 21.4. The molecule has 2 unspecified atom stereocenters. The Labute approximate surface area is 179 Å². The maximum atomic E-state index is 12.6. The number of hydrogen-bond acceptors (Lipinski definition) is 4. The molecule has 1 amide bonds. The van der Waals surface area contributed by atoms with Gasteiger partial charge in [0.25, 0.3) is 0 Å². The van der Waals surface area contributed by atoms with Gasteiger partial charge >= 0.3 is 12.0 Å². The standard InChI is InChI=1S/C24H23N3O4/c28-23(29)22-10-11-27(25-22)24(30)26-14-18-12-21(13-19(18)15-26)31-20-8-6-17(7-9-20)16-4-2-1-3-5-16/h1-11,18-19,21H,12-15H2,(H,28,29).